The molecule has 0 radical (unpaired) electrons. The molecule has 0 spiro atoms. The molecule has 3 heteroatoms. The Morgan fingerprint density at radius 3 is 2.85 bits per heavy atom. The maximum Gasteiger partial charge on any atom is 0.184 e. The van der Waals surface area contributed by atoms with Crippen molar-refractivity contribution >= 4 is 22.4 Å². The molecule has 1 aromatic carbocycles. The third kappa shape index (κ3) is 1.41. The van der Waals surface area contributed by atoms with Crippen molar-refractivity contribution in [3.05, 3.63) is 35.0 Å². The minimum absolute atomic E-state index is 0.142. The summed E-state index contributed by atoms with van der Waals surface area (Å²) in [4.78, 5) is 17.0. The molecule has 102 valence electrons. The van der Waals surface area contributed by atoms with Crippen LogP contribution in [0.3, 0.4) is 0 Å². The maximum atomic E-state index is 12.3. The number of carbonyl (C=O) groups is 1. The zero-order valence-corrected chi connectivity index (χ0v) is 12.2. The van der Waals surface area contributed by atoms with Crippen molar-refractivity contribution in [3.8, 4) is 0 Å². The summed E-state index contributed by atoms with van der Waals surface area (Å²) in [6.07, 6.45) is 2.00. The Morgan fingerprint density at radius 2 is 2.05 bits per heavy atom. The molecule has 0 saturated heterocycles. The van der Waals surface area contributed by atoms with Crippen molar-refractivity contribution in [3.63, 3.8) is 0 Å². The van der Waals surface area contributed by atoms with Crippen molar-refractivity contribution < 1.29 is 4.79 Å². The third-order valence-electron chi connectivity index (χ3n) is 4.64. The molecule has 0 saturated carbocycles. The number of Topliss-reactive ketones (excluding diaryl/α,β-unsaturated/α-hetero) is 1. The molecule has 2 aliphatic rings. The lowest BCUT2D eigenvalue weighted by atomic mass is 9.75. The number of nitrogens with zero attached hydrogens (tertiary/aromatic N) is 2. The molecule has 2 heterocycles. The fourth-order valence-corrected chi connectivity index (χ4v) is 3.73. The average molecular weight is 266 g/mol. The van der Waals surface area contributed by atoms with Crippen LogP contribution < -0.4 is 0 Å². The number of carbonyl (C=O) groups excluding carboxylic acids is 1. The Bertz CT molecular complexity index is 793. The van der Waals surface area contributed by atoms with E-state index in [1.807, 2.05) is 12.1 Å². The summed E-state index contributed by atoms with van der Waals surface area (Å²) in [5.74, 6) is 0.142. The van der Waals surface area contributed by atoms with Crippen LogP contribution in [0.15, 0.2) is 23.2 Å². The van der Waals surface area contributed by atoms with Crippen LogP contribution in [-0.4, -0.2) is 22.6 Å². The smallest absolute Gasteiger partial charge is 0.184 e. The molecule has 1 aromatic heterocycles. The van der Waals surface area contributed by atoms with Gasteiger partial charge in [0.15, 0.2) is 5.78 Å². The zero-order valence-electron chi connectivity index (χ0n) is 12.2. The molecule has 0 bridgehead atoms. The van der Waals surface area contributed by atoms with Crippen molar-refractivity contribution in [1.82, 2.24) is 4.57 Å². The largest absolute Gasteiger partial charge is 0.347 e. The first-order valence-electron chi connectivity index (χ1n) is 7.15. The van der Waals surface area contributed by atoms with E-state index in [4.69, 9.17) is 0 Å². The van der Waals surface area contributed by atoms with E-state index in [2.05, 4.69) is 36.5 Å². The summed E-state index contributed by atoms with van der Waals surface area (Å²) >= 11 is 0. The maximum absolute atomic E-state index is 12.3. The van der Waals surface area contributed by atoms with Gasteiger partial charge in [-0.05, 0) is 24.3 Å². The first kappa shape index (κ1) is 11.9. The second-order valence-electron chi connectivity index (χ2n) is 6.78. The molecule has 3 nitrogen and oxygen atoms in total. The number of hydrogen-bond acceptors (Lipinski definition) is 2. The van der Waals surface area contributed by atoms with E-state index < -0.39 is 0 Å². The number of aryl methyl sites for hydroxylation is 1. The highest BCUT2D eigenvalue weighted by atomic mass is 16.1. The molecule has 0 N–H and O–H groups in total. The number of rotatable bonds is 0. The molecular weight excluding hydrogens is 248 g/mol. The van der Waals surface area contributed by atoms with Gasteiger partial charge >= 0.3 is 0 Å². The third-order valence-corrected chi connectivity index (χ3v) is 4.64. The van der Waals surface area contributed by atoms with Gasteiger partial charge in [-0.3, -0.25) is 9.79 Å². The number of hydrogen-bond donors (Lipinski definition) is 0. The summed E-state index contributed by atoms with van der Waals surface area (Å²) in [7, 11) is 2.11. The summed E-state index contributed by atoms with van der Waals surface area (Å²) in [5.41, 5.74) is 5.91. The molecule has 4 rings (SSSR count). The SMILES string of the molecule is Cn1c2c3c4c(cccc41)C(=O)CN=C3CC(C)(C)C2. The number of aromatic nitrogens is 1. The van der Waals surface area contributed by atoms with Crippen molar-refractivity contribution in [2.75, 3.05) is 6.54 Å². The van der Waals surface area contributed by atoms with Crippen LogP contribution in [0.1, 0.15) is 41.9 Å². The van der Waals surface area contributed by atoms with Gasteiger partial charge in [0.1, 0.15) is 6.54 Å². The van der Waals surface area contributed by atoms with E-state index in [1.165, 1.54) is 11.3 Å². The summed E-state index contributed by atoms with van der Waals surface area (Å²) in [6.45, 7) is 4.86. The molecule has 0 atom stereocenters. The van der Waals surface area contributed by atoms with Crippen LogP contribution >= 0.6 is 0 Å². The summed E-state index contributed by atoms with van der Waals surface area (Å²) in [5, 5.41) is 1.13. The predicted molar refractivity (Wildman–Crippen MR) is 80.8 cm³/mol. The summed E-state index contributed by atoms with van der Waals surface area (Å²) < 4.78 is 2.25. The molecule has 1 aliphatic heterocycles. The van der Waals surface area contributed by atoms with Crippen LogP contribution in [0.25, 0.3) is 10.9 Å². The van der Waals surface area contributed by atoms with Gasteiger partial charge in [-0.25, -0.2) is 0 Å². The zero-order chi connectivity index (χ0) is 14.1. The minimum Gasteiger partial charge on any atom is -0.347 e. The highest BCUT2D eigenvalue weighted by molar-refractivity contribution is 6.22. The van der Waals surface area contributed by atoms with Crippen LogP contribution in [0.5, 0.6) is 0 Å². The Morgan fingerprint density at radius 1 is 1.25 bits per heavy atom. The topological polar surface area (TPSA) is 34.4 Å². The quantitative estimate of drug-likeness (QED) is 0.721. The van der Waals surface area contributed by atoms with Crippen molar-refractivity contribution in [2.45, 2.75) is 26.7 Å². The fraction of sp³-hybridized carbons (Fsp3) is 0.412. The highest BCUT2D eigenvalue weighted by Crippen LogP contribution is 2.41. The second kappa shape index (κ2) is 3.60. The van der Waals surface area contributed by atoms with E-state index in [9.17, 15) is 4.79 Å². The normalized spacial score (nSPS) is 19.9. The van der Waals surface area contributed by atoms with Gasteiger partial charge in [-0.1, -0.05) is 26.0 Å². The Kier molecular flexibility index (Phi) is 2.14. The first-order chi connectivity index (χ1) is 9.48. The average Bonchev–Trinajstić information content (AvgIpc) is 2.59. The van der Waals surface area contributed by atoms with Gasteiger partial charge in [0.05, 0.1) is 0 Å². The summed E-state index contributed by atoms with van der Waals surface area (Å²) in [6, 6.07) is 6.04. The van der Waals surface area contributed by atoms with Crippen molar-refractivity contribution in [1.29, 1.82) is 0 Å². The van der Waals surface area contributed by atoms with Gasteiger partial charge in [-0.15, -0.1) is 0 Å². The van der Waals surface area contributed by atoms with Gasteiger partial charge in [0.2, 0.25) is 0 Å². The van der Waals surface area contributed by atoms with Gasteiger partial charge in [-0.2, -0.15) is 0 Å². The van der Waals surface area contributed by atoms with E-state index in [0.29, 0.717) is 6.54 Å². The van der Waals surface area contributed by atoms with Crippen molar-refractivity contribution in [2.24, 2.45) is 17.5 Å². The number of ketones is 1. The molecule has 20 heavy (non-hydrogen) atoms. The van der Waals surface area contributed by atoms with Gasteiger partial charge in [0, 0.05) is 40.5 Å². The van der Waals surface area contributed by atoms with E-state index in [-0.39, 0.29) is 11.2 Å². The molecule has 0 fully saturated rings. The van der Waals surface area contributed by atoms with E-state index >= 15 is 0 Å². The lowest BCUT2D eigenvalue weighted by Crippen LogP contribution is -2.28. The monoisotopic (exact) mass is 266 g/mol. The standard InChI is InChI=1S/C17H18N2O/c1-17(2)7-11-16-13(8-17)19(3)12-6-4-5-10(15(12)16)14(20)9-18-11/h4-6H,7-9H2,1-3H3. The van der Waals surface area contributed by atoms with Crippen LogP contribution in [0.2, 0.25) is 0 Å². The Balaban J connectivity index is 2.19. The first-order valence-corrected chi connectivity index (χ1v) is 7.15. The van der Waals surface area contributed by atoms with Gasteiger partial charge in [0.25, 0.3) is 0 Å². The van der Waals surface area contributed by atoms with Gasteiger partial charge < -0.3 is 4.57 Å². The number of benzene rings is 1. The van der Waals surface area contributed by atoms with Crippen LogP contribution in [0, 0.1) is 5.41 Å². The van der Waals surface area contributed by atoms with E-state index in [1.54, 1.807) is 0 Å². The predicted octanol–water partition coefficient (Wildman–Crippen LogP) is 3.14. The molecule has 1 aliphatic carbocycles. The van der Waals surface area contributed by atoms with E-state index in [0.717, 1.165) is 35.0 Å². The minimum atomic E-state index is 0.142. The van der Waals surface area contributed by atoms with Crippen LogP contribution in [0.4, 0.5) is 0 Å². The Labute approximate surface area is 118 Å². The molecule has 0 unspecified atom stereocenters. The molecular formula is C17H18N2O. The molecule has 0 amide bonds. The molecule has 2 aromatic rings. The fourth-order valence-electron chi connectivity index (χ4n) is 3.73. The lowest BCUT2D eigenvalue weighted by Gasteiger charge is -2.31. The second-order valence-corrected chi connectivity index (χ2v) is 6.78. The Hall–Kier alpha value is -1.90. The lowest BCUT2D eigenvalue weighted by molar-refractivity contribution is 0.100. The van der Waals surface area contributed by atoms with Crippen LogP contribution in [-0.2, 0) is 13.5 Å². The highest BCUT2D eigenvalue weighted by Gasteiger charge is 2.35. The number of aliphatic imine (C=N–C) groups is 1.